The summed E-state index contributed by atoms with van der Waals surface area (Å²) in [4.78, 5) is 25.0. The predicted molar refractivity (Wildman–Crippen MR) is 92.1 cm³/mol. The van der Waals surface area contributed by atoms with Gasteiger partial charge in [0.25, 0.3) is 5.91 Å². The maximum Gasteiger partial charge on any atom is 0.255 e. The number of hydrogen-bond donors (Lipinski definition) is 1. The SMILES string of the molecule is COc1ccc(F)cc1C(=O)NCCc1csc(-c2ncccn2)n1. The number of carbonyl (C=O) groups is 1. The zero-order chi connectivity index (χ0) is 17.6. The van der Waals surface area contributed by atoms with E-state index in [-0.39, 0.29) is 5.56 Å². The van der Waals surface area contributed by atoms with Crippen molar-refractivity contribution in [2.45, 2.75) is 6.42 Å². The van der Waals surface area contributed by atoms with Crippen molar-refractivity contribution in [1.29, 1.82) is 0 Å². The highest BCUT2D eigenvalue weighted by molar-refractivity contribution is 7.13. The first-order valence-electron chi connectivity index (χ1n) is 7.51. The Kier molecular flexibility index (Phi) is 5.30. The van der Waals surface area contributed by atoms with Crippen LogP contribution in [-0.4, -0.2) is 34.5 Å². The van der Waals surface area contributed by atoms with Gasteiger partial charge in [-0.3, -0.25) is 4.79 Å². The van der Waals surface area contributed by atoms with E-state index in [1.807, 2.05) is 5.38 Å². The number of carbonyl (C=O) groups excluding carboxylic acids is 1. The molecule has 0 spiro atoms. The average Bonchev–Trinajstić information content (AvgIpc) is 3.11. The number of rotatable bonds is 6. The van der Waals surface area contributed by atoms with E-state index in [9.17, 15) is 9.18 Å². The summed E-state index contributed by atoms with van der Waals surface area (Å²) in [6, 6.07) is 5.57. The van der Waals surface area contributed by atoms with Crippen molar-refractivity contribution in [1.82, 2.24) is 20.3 Å². The number of halogens is 1. The van der Waals surface area contributed by atoms with Crippen LogP contribution in [0, 0.1) is 5.82 Å². The van der Waals surface area contributed by atoms with Gasteiger partial charge in [-0.05, 0) is 24.3 Å². The Hall–Kier alpha value is -2.87. The van der Waals surface area contributed by atoms with Crippen molar-refractivity contribution < 1.29 is 13.9 Å². The van der Waals surface area contributed by atoms with Crippen LogP contribution in [0.5, 0.6) is 5.75 Å². The van der Waals surface area contributed by atoms with Crippen LogP contribution in [0.2, 0.25) is 0 Å². The summed E-state index contributed by atoms with van der Waals surface area (Å²) in [6.45, 7) is 0.372. The van der Waals surface area contributed by atoms with E-state index in [0.717, 1.165) is 16.8 Å². The highest BCUT2D eigenvalue weighted by Crippen LogP contribution is 2.20. The first kappa shape index (κ1) is 17.0. The normalized spacial score (nSPS) is 10.5. The minimum atomic E-state index is -0.488. The topological polar surface area (TPSA) is 77.0 Å². The first-order valence-corrected chi connectivity index (χ1v) is 8.39. The number of thiazole rings is 1. The molecule has 25 heavy (non-hydrogen) atoms. The van der Waals surface area contributed by atoms with Crippen LogP contribution in [0.1, 0.15) is 16.1 Å². The average molecular weight is 358 g/mol. The Morgan fingerprint density at radius 1 is 1.32 bits per heavy atom. The fourth-order valence-corrected chi connectivity index (χ4v) is 2.99. The fourth-order valence-electron chi connectivity index (χ4n) is 2.19. The quantitative estimate of drug-likeness (QED) is 0.733. The summed E-state index contributed by atoms with van der Waals surface area (Å²) in [5.74, 6) is 0.0273. The molecule has 0 bridgehead atoms. The van der Waals surface area contributed by atoms with Crippen molar-refractivity contribution in [3.05, 3.63) is 59.1 Å². The number of methoxy groups -OCH3 is 1. The Morgan fingerprint density at radius 2 is 2.12 bits per heavy atom. The molecule has 6 nitrogen and oxygen atoms in total. The van der Waals surface area contributed by atoms with E-state index in [2.05, 4.69) is 20.3 Å². The van der Waals surface area contributed by atoms with E-state index >= 15 is 0 Å². The minimum Gasteiger partial charge on any atom is -0.496 e. The van der Waals surface area contributed by atoms with Gasteiger partial charge in [-0.15, -0.1) is 11.3 Å². The lowest BCUT2D eigenvalue weighted by Gasteiger charge is -2.09. The fraction of sp³-hybridized carbons (Fsp3) is 0.176. The number of benzene rings is 1. The number of nitrogens with one attached hydrogen (secondary N) is 1. The van der Waals surface area contributed by atoms with Gasteiger partial charge in [-0.25, -0.2) is 19.3 Å². The molecule has 3 aromatic rings. The van der Waals surface area contributed by atoms with Gasteiger partial charge in [-0.2, -0.15) is 0 Å². The largest absolute Gasteiger partial charge is 0.496 e. The van der Waals surface area contributed by atoms with Gasteiger partial charge < -0.3 is 10.1 Å². The van der Waals surface area contributed by atoms with Crippen LogP contribution >= 0.6 is 11.3 Å². The van der Waals surface area contributed by atoms with Crippen molar-refractivity contribution in [3.63, 3.8) is 0 Å². The van der Waals surface area contributed by atoms with Crippen LogP contribution in [0.15, 0.2) is 42.0 Å². The molecule has 8 heteroatoms. The third-order valence-corrected chi connectivity index (χ3v) is 4.27. The van der Waals surface area contributed by atoms with Gasteiger partial charge in [0.05, 0.1) is 18.4 Å². The second kappa shape index (κ2) is 7.80. The Morgan fingerprint density at radius 3 is 2.88 bits per heavy atom. The number of ether oxygens (including phenoxy) is 1. The summed E-state index contributed by atoms with van der Waals surface area (Å²) in [5, 5.41) is 5.38. The molecule has 128 valence electrons. The van der Waals surface area contributed by atoms with Crippen LogP contribution in [0.25, 0.3) is 10.8 Å². The van der Waals surface area contributed by atoms with Gasteiger partial charge >= 0.3 is 0 Å². The molecular formula is C17H15FN4O2S. The molecule has 2 aromatic heterocycles. The maximum atomic E-state index is 13.3. The summed E-state index contributed by atoms with van der Waals surface area (Å²) in [5.41, 5.74) is 0.998. The molecule has 0 unspecified atom stereocenters. The lowest BCUT2D eigenvalue weighted by Crippen LogP contribution is -2.26. The molecule has 1 amide bonds. The molecule has 0 radical (unpaired) electrons. The molecule has 1 N–H and O–H groups in total. The van der Waals surface area contributed by atoms with Crippen LogP contribution in [0.4, 0.5) is 4.39 Å². The summed E-state index contributed by atoms with van der Waals surface area (Å²) >= 11 is 1.45. The van der Waals surface area contributed by atoms with Gasteiger partial charge in [0, 0.05) is 30.7 Å². The van der Waals surface area contributed by atoms with E-state index < -0.39 is 11.7 Å². The second-order valence-corrected chi connectivity index (χ2v) is 5.93. The van der Waals surface area contributed by atoms with Crippen molar-refractivity contribution in [3.8, 4) is 16.6 Å². The molecule has 0 fully saturated rings. The van der Waals surface area contributed by atoms with Gasteiger partial charge in [0.1, 0.15) is 11.6 Å². The van der Waals surface area contributed by atoms with E-state index in [0.29, 0.717) is 24.5 Å². The van der Waals surface area contributed by atoms with E-state index in [1.54, 1.807) is 18.5 Å². The monoisotopic (exact) mass is 358 g/mol. The lowest BCUT2D eigenvalue weighted by atomic mass is 10.1. The molecule has 0 aliphatic carbocycles. The number of nitrogens with zero attached hydrogens (tertiary/aromatic N) is 3. The first-order chi connectivity index (χ1) is 12.2. The van der Waals surface area contributed by atoms with Crippen LogP contribution in [0.3, 0.4) is 0 Å². The Labute approximate surface area is 147 Å². The number of hydrogen-bond acceptors (Lipinski definition) is 6. The Bertz CT molecular complexity index is 870. The highest BCUT2D eigenvalue weighted by atomic mass is 32.1. The minimum absolute atomic E-state index is 0.166. The molecular weight excluding hydrogens is 343 g/mol. The lowest BCUT2D eigenvalue weighted by molar-refractivity contribution is 0.0950. The highest BCUT2D eigenvalue weighted by Gasteiger charge is 2.13. The van der Waals surface area contributed by atoms with Crippen molar-refractivity contribution >= 4 is 17.2 Å². The Balaban J connectivity index is 1.59. The molecule has 0 saturated carbocycles. The zero-order valence-electron chi connectivity index (χ0n) is 13.4. The van der Waals surface area contributed by atoms with E-state index in [4.69, 9.17) is 4.74 Å². The molecule has 3 rings (SSSR count). The van der Waals surface area contributed by atoms with Gasteiger partial charge in [-0.1, -0.05) is 0 Å². The molecule has 0 aliphatic heterocycles. The molecule has 0 saturated heterocycles. The van der Waals surface area contributed by atoms with Gasteiger partial charge in [0.2, 0.25) is 0 Å². The number of amides is 1. The third kappa shape index (κ3) is 4.16. The molecule has 1 aromatic carbocycles. The third-order valence-electron chi connectivity index (χ3n) is 3.38. The van der Waals surface area contributed by atoms with E-state index in [1.165, 1.54) is 30.6 Å². The molecule has 0 aliphatic rings. The number of aromatic nitrogens is 3. The van der Waals surface area contributed by atoms with Gasteiger partial charge in [0.15, 0.2) is 10.8 Å². The zero-order valence-corrected chi connectivity index (χ0v) is 14.2. The molecule has 0 atom stereocenters. The second-order valence-electron chi connectivity index (χ2n) is 5.07. The summed E-state index contributed by atoms with van der Waals surface area (Å²) in [6.07, 6.45) is 3.87. The van der Waals surface area contributed by atoms with Crippen molar-refractivity contribution in [2.24, 2.45) is 0 Å². The predicted octanol–water partition coefficient (Wildman–Crippen LogP) is 2.72. The van der Waals surface area contributed by atoms with Crippen molar-refractivity contribution in [2.75, 3.05) is 13.7 Å². The smallest absolute Gasteiger partial charge is 0.255 e. The van der Waals surface area contributed by atoms with Crippen LogP contribution in [-0.2, 0) is 6.42 Å². The standard InChI is InChI=1S/C17H15FN4O2S/c1-24-14-4-3-11(18)9-13(14)16(23)21-8-5-12-10-25-17(22-12)15-19-6-2-7-20-15/h2-4,6-7,9-10H,5,8H2,1H3,(H,21,23). The van der Waals surface area contributed by atoms with Crippen LogP contribution < -0.4 is 10.1 Å². The molecule has 2 heterocycles. The summed E-state index contributed by atoms with van der Waals surface area (Å²) in [7, 11) is 1.44. The summed E-state index contributed by atoms with van der Waals surface area (Å²) < 4.78 is 18.4. The maximum absolute atomic E-state index is 13.3.